The first-order valence-corrected chi connectivity index (χ1v) is 6.67. The summed E-state index contributed by atoms with van der Waals surface area (Å²) in [5.41, 5.74) is 0.864. The molecule has 1 rings (SSSR count). The van der Waals surface area contributed by atoms with Crippen molar-refractivity contribution in [3.8, 4) is 5.75 Å². The van der Waals surface area contributed by atoms with Crippen LogP contribution in [0.1, 0.15) is 25.3 Å². The van der Waals surface area contributed by atoms with Crippen LogP contribution in [0.15, 0.2) is 22.7 Å². The molecule has 0 atom stereocenters. The lowest BCUT2D eigenvalue weighted by Gasteiger charge is -2.09. The lowest BCUT2D eigenvalue weighted by molar-refractivity contribution is 0.0978. The zero-order valence-corrected chi connectivity index (χ0v) is 11.7. The van der Waals surface area contributed by atoms with Crippen LogP contribution >= 0.6 is 15.9 Å². The van der Waals surface area contributed by atoms with Crippen molar-refractivity contribution >= 4 is 15.9 Å². The van der Waals surface area contributed by atoms with Crippen LogP contribution in [0.25, 0.3) is 0 Å². The van der Waals surface area contributed by atoms with Crippen molar-refractivity contribution in [3.63, 3.8) is 0 Å². The largest absolute Gasteiger partial charge is 0.490 e. The Kier molecular flexibility index (Phi) is 7.24. The normalized spacial score (nSPS) is 10.5. The first kappa shape index (κ1) is 14.5. The molecule has 0 unspecified atom stereocenters. The van der Waals surface area contributed by atoms with E-state index < -0.39 is 0 Å². The van der Waals surface area contributed by atoms with Gasteiger partial charge in [0, 0.05) is 6.61 Å². The first-order valence-electron chi connectivity index (χ1n) is 5.87. The smallest absolute Gasteiger partial charge is 0.133 e. The van der Waals surface area contributed by atoms with E-state index in [1.165, 1.54) is 0 Å². The highest BCUT2D eigenvalue weighted by atomic mass is 79.9. The van der Waals surface area contributed by atoms with E-state index in [4.69, 9.17) is 14.6 Å². The van der Waals surface area contributed by atoms with Crippen molar-refractivity contribution in [2.24, 2.45) is 0 Å². The molecule has 1 aromatic rings. The van der Waals surface area contributed by atoms with Gasteiger partial charge in [-0.2, -0.15) is 0 Å². The van der Waals surface area contributed by atoms with Crippen LogP contribution in [0.3, 0.4) is 0 Å². The van der Waals surface area contributed by atoms with E-state index in [2.05, 4.69) is 22.9 Å². The fraction of sp³-hybridized carbons (Fsp3) is 0.538. The molecule has 0 aliphatic rings. The Morgan fingerprint density at radius 3 is 2.71 bits per heavy atom. The molecule has 96 valence electrons. The van der Waals surface area contributed by atoms with E-state index >= 15 is 0 Å². The third-order valence-electron chi connectivity index (χ3n) is 2.31. The summed E-state index contributed by atoms with van der Waals surface area (Å²) < 4.78 is 11.8. The third kappa shape index (κ3) is 5.52. The number of ether oxygens (including phenoxy) is 2. The van der Waals surface area contributed by atoms with Gasteiger partial charge < -0.3 is 14.6 Å². The molecule has 0 heterocycles. The molecule has 1 N–H and O–H groups in total. The van der Waals surface area contributed by atoms with Crippen LogP contribution in [0, 0.1) is 0 Å². The summed E-state index contributed by atoms with van der Waals surface area (Å²) in [6, 6.07) is 5.55. The summed E-state index contributed by atoms with van der Waals surface area (Å²) in [6.07, 6.45) is 2.24. The Hall–Kier alpha value is -0.580. The van der Waals surface area contributed by atoms with E-state index in [0.717, 1.165) is 35.2 Å². The second-order valence-electron chi connectivity index (χ2n) is 3.74. The Bertz CT molecular complexity index is 328. The number of benzene rings is 1. The zero-order valence-electron chi connectivity index (χ0n) is 10.1. The number of rotatable bonds is 8. The van der Waals surface area contributed by atoms with Crippen molar-refractivity contribution in [3.05, 3.63) is 28.2 Å². The number of halogens is 1. The van der Waals surface area contributed by atoms with Crippen LogP contribution in [0.5, 0.6) is 5.75 Å². The van der Waals surface area contributed by atoms with E-state index in [1.54, 1.807) is 0 Å². The summed E-state index contributed by atoms with van der Waals surface area (Å²) in [6.45, 7) is 4.12. The molecule has 0 amide bonds. The van der Waals surface area contributed by atoms with Gasteiger partial charge in [-0.25, -0.2) is 0 Å². The molecule has 0 saturated carbocycles. The summed E-state index contributed by atoms with van der Waals surface area (Å²) in [4.78, 5) is 0. The molecule has 4 heteroatoms. The molecule has 0 bridgehead atoms. The predicted octanol–water partition coefficient (Wildman–Crippen LogP) is 3.14. The average molecular weight is 303 g/mol. The maximum atomic E-state index is 8.97. The zero-order chi connectivity index (χ0) is 12.5. The highest BCUT2D eigenvalue weighted by Gasteiger charge is 2.02. The van der Waals surface area contributed by atoms with E-state index in [9.17, 15) is 0 Å². The summed E-state index contributed by atoms with van der Waals surface area (Å²) in [5, 5.41) is 8.97. The van der Waals surface area contributed by atoms with Gasteiger partial charge in [-0.15, -0.1) is 0 Å². The summed E-state index contributed by atoms with van der Waals surface area (Å²) in [5.74, 6) is 0.779. The Morgan fingerprint density at radius 1 is 1.24 bits per heavy atom. The van der Waals surface area contributed by atoms with Gasteiger partial charge in [-0.05, 0) is 40.0 Å². The van der Waals surface area contributed by atoms with Gasteiger partial charge in [0.15, 0.2) is 0 Å². The topological polar surface area (TPSA) is 38.7 Å². The number of aliphatic hydroxyl groups excluding tert-OH is 1. The van der Waals surface area contributed by atoms with Gasteiger partial charge in [0.2, 0.25) is 0 Å². The number of hydrogen-bond acceptors (Lipinski definition) is 3. The molecule has 0 saturated heterocycles. The minimum absolute atomic E-state index is 0.0407. The Morgan fingerprint density at radius 2 is 2.06 bits per heavy atom. The molecular formula is C13H19BrO3. The van der Waals surface area contributed by atoms with E-state index in [1.807, 2.05) is 18.2 Å². The molecule has 0 aromatic heterocycles. The van der Waals surface area contributed by atoms with E-state index in [0.29, 0.717) is 13.2 Å². The molecule has 0 fully saturated rings. The van der Waals surface area contributed by atoms with Gasteiger partial charge in [0.05, 0.1) is 17.7 Å². The number of unbranched alkanes of at least 4 members (excludes halogenated alkanes) is 1. The monoisotopic (exact) mass is 302 g/mol. The molecule has 0 aliphatic carbocycles. The van der Waals surface area contributed by atoms with Crippen LogP contribution in [-0.2, 0) is 11.3 Å². The standard InChI is InChI=1S/C13H19BrO3/c1-2-3-6-16-7-8-17-13-5-4-11(10-15)9-12(13)14/h4-5,9,15H,2-3,6-8,10H2,1H3. The highest BCUT2D eigenvalue weighted by molar-refractivity contribution is 9.10. The predicted molar refractivity (Wildman–Crippen MR) is 71.3 cm³/mol. The Balaban J connectivity index is 2.27. The molecule has 1 aromatic carbocycles. The molecule has 17 heavy (non-hydrogen) atoms. The third-order valence-corrected chi connectivity index (χ3v) is 2.93. The van der Waals surface area contributed by atoms with Crippen molar-refractivity contribution in [2.75, 3.05) is 19.8 Å². The molecule has 0 aliphatic heterocycles. The first-order chi connectivity index (χ1) is 8.27. The SMILES string of the molecule is CCCCOCCOc1ccc(CO)cc1Br. The number of aliphatic hydroxyl groups is 1. The quantitative estimate of drug-likeness (QED) is 0.750. The Labute approximate surface area is 111 Å². The second-order valence-corrected chi connectivity index (χ2v) is 4.59. The molecular weight excluding hydrogens is 284 g/mol. The van der Waals surface area contributed by atoms with Gasteiger partial charge in [-0.1, -0.05) is 19.4 Å². The van der Waals surface area contributed by atoms with Gasteiger partial charge in [0.1, 0.15) is 12.4 Å². The van der Waals surface area contributed by atoms with Gasteiger partial charge in [0.25, 0.3) is 0 Å². The average Bonchev–Trinajstić information content (AvgIpc) is 2.35. The minimum Gasteiger partial charge on any atom is -0.490 e. The van der Waals surface area contributed by atoms with Crippen molar-refractivity contribution < 1.29 is 14.6 Å². The molecule has 3 nitrogen and oxygen atoms in total. The van der Waals surface area contributed by atoms with E-state index in [-0.39, 0.29) is 6.61 Å². The fourth-order valence-corrected chi connectivity index (χ4v) is 1.86. The lowest BCUT2D eigenvalue weighted by atomic mass is 10.2. The van der Waals surface area contributed by atoms with Crippen LogP contribution in [0.2, 0.25) is 0 Å². The van der Waals surface area contributed by atoms with Gasteiger partial charge in [-0.3, -0.25) is 0 Å². The van der Waals surface area contributed by atoms with Crippen molar-refractivity contribution in [2.45, 2.75) is 26.4 Å². The van der Waals surface area contributed by atoms with Crippen LogP contribution in [0.4, 0.5) is 0 Å². The minimum atomic E-state index is 0.0407. The van der Waals surface area contributed by atoms with Crippen molar-refractivity contribution in [1.82, 2.24) is 0 Å². The molecule has 0 spiro atoms. The van der Waals surface area contributed by atoms with Crippen LogP contribution < -0.4 is 4.74 Å². The number of hydrogen-bond donors (Lipinski definition) is 1. The van der Waals surface area contributed by atoms with Crippen LogP contribution in [-0.4, -0.2) is 24.9 Å². The van der Waals surface area contributed by atoms with Crippen molar-refractivity contribution in [1.29, 1.82) is 0 Å². The summed E-state index contributed by atoms with van der Waals surface area (Å²) >= 11 is 3.41. The second kappa shape index (κ2) is 8.50. The maximum Gasteiger partial charge on any atom is 0.133 e. The van der Waals surface area contributed by atoms with Gasteiger partial charge >= 0.3 is 0 Å². The maximum absolute atomic E-state index is 8.97. The highest BCUT2D eigenvalue weighted by Crippen LogP contribution is 2.25. The fourth-order valence-electron chi connectivity index (χ4n) is 1.32. The molecule has 0 radical (unpaired) electrons. The lowest BCUT2D eigenvalue weighted by Crippen LogP contribution is -2.07. The summed E-state index contributed by atoms with van der Waals surface area (Å²) in [7, 11) is 0.